The minimum atomic E-state index is -0.594. The highest BCUT2D eigenvalue weighted by molar-refractivity contribution is 5.83. The van der Waals surface area contributed by atoms with E-state index in [1.165, 1.54) is 0 Å². The number of nitrogens with one attached hydrogen (secondary N) is 1. The van der Waals surface area contributed by atoms with Crippen LogP contribution in [0.25, 0.3) is 0 Å². The molecule has 1 aromatic carbocycles. The third-order valence-corrected chi connectivity index (χ3v) is 4.15. The molecule has 1 amide bonds. The van der Waals surface area contributed by atoms with E-state index in [1.807, 2.05) is 43.3 Å². The van der Waals surface area contributed by atoms with Crippen molar-refractivity contribution in [2.45, 2.75) is 25.3 Å². The van der Waals surface area contributed by atoms with Crippen molar-refractivity contribution in [3.8, 4) is 6.07 Å². The van der Waals surface area contributed by atoms with Gasteiger partial charge in [-0.3, -0.25) is 9.78 Å². The molecule has 0 radical (unpaired) electrons. The molecule has 1 fully saturated rings. The fourth-order valence-corrected chi connectivity index (χ4v) is 2.79. The quantitative estimate of drug-likeness (QED) is 0.942. The number of carbonyl (C=O) groups is 1. The van der Waals surface area contributed by atoms with E-state index in [-0.39, 0.29) is 17.7 Å². The van der Waals surface area contributed by atoms with Gasteiger partial charge in [-0.05, 0) is 42.0 Å². The molecule has 0 bridgehead atoms. The maximum Gasteiger partial charge on any atom is 0.225 e. The number of amides is 1. The van der Waals surface area contributed by atoms with E-state index in [4.69, 9.17) is 0 Å². The molecule has 0 saturated heterocycles. The van der Waals surface area contributed by atoms with E-state index in [9.17, 15) is 10.1 Å². The average molecular weight is 291 g/mol. The zero-order valence-electron chi connectivity index (χ0n) is 12.4. The van der Waals surface area contributed by atoms with Crippen molar-refractivity contribution in [2.24, 2.45) is 5.92 Å². The van der Waals surface area contributed by atoms with E-state index in [0.717, 1.165) is 23.1 Å². The topological polar surface area (TPSA) is 65.8 Å². The molecule has 1 aliphatic rings. The van der Waals surface area contributed by atoms with Crippen molar-refractivity contribution in [3.05, 3.63) is 65.5 Å². The summed E-state index contributed by atoms with van der Waals surface area (Å²) in [5.41, 5.74) is 2.96. The lowest BCUT2D eigenvalue weighted by Crippen LogP contribution is -2.29. The molecule has 0 spiro atoms. The van der Waals surface area contributed by atoms with Crippen LogP contribution in [0.5, 0.6) is 0 Å². The summed E-state index contributed by atoms with van der Waals surface area (Å²) in [4.78, 5) is 16.5. The van der Waals surface area contributed by atoms with Gasteiger partial charge in [0.2, 0.25) is 5.91 Å². The summed E-state index contributed by atoms with van der Waals surface area (Å²) in [5.74, 6) is 0.123. The molecule has 4 nitrogen and oxygen atoms in total. The number of benzene rings is 1. The summed E-state index contributed by atoms with van der Waals surface area (Å²) >= 11 is 0. The first-order chi connectivity index (χ1) is 10.7. The molecule has 22 heavy (non-hydrogen) atoms. The van der Waals surface area contributed by atoms with Gasteiger partial charge in [-0.15, -0.1) is 0 Å². The van der Waals surface area contributed by atoms with Gasteiger partial charge in [0.15, 0.2) is 0 Å². The summed E-state index contributed by atoms with van der Waals surface area (Å²) in [6.07, 6.45) is 4.36. The summed E-state index contributed by atoms with van der Waals surface area (Å²) in [7, 11) is 0. The number of pyridine rings is 1. The van der Waals surface area contributed by atoms with E-state index in [2.05, 4.69) is 16.4 Å². The van der Waals surface area contributed by atoms with Crippen LogP contribution in [0.3, 0.4) is 0 Å². The molecule has 1 saturated carbocycles. The first kappa shape index (κ1) is 14.3. The summed E-state index contributed by atoms with van der Waals surface area (Å²) in [5, 5.41) is 12.2. The van der Waals surface area contributed by atoms with Gasteiger partial charge in [0, 0.05) is 18.3 Å². The molecule has 1 N–H and O–H groups in total. The fourth-order valence-electron chi connectivity index (χ4n) is 2.79. The van der Waals surface area contributed by atoms with Crippen LogP contribution in [0, 0.1) is 24.2 Å². The van der Waals surface area contributed by atoms with E-state index < -0.39 is 6.04 Å². The van der Waals surface area contributed by atoms with Crippen LogP contribution in [0.1, 0.15) is 35.1 Å². The Morgan fingerprint density at radius 2 is 2.18 bits per heavy atom. The van der Waals surface area contributed by atoms with Crippen LogP contribution in [-0.2, 0) is 4.79 Å². The summed E-state index contributed by atoms with van der Waals surface area (Å²) in [6, 6.07) is 13.1. The van der Waals surface area contributed by atoms with Crippen LogP contribution < -0.4 is 5.32 Å². The SMILES string of the molecule is Cc1ccccc1[C@H](C#N)NC(=O)[C@@H]1C[C@H]1c1cccnc1. The van der Waals surface area contributed by atoms with Gasteiger partial charge in [0.1, 0.15) is 6.04 Å². The molecule has 2 aromatic rings. The van der Waals surface area contributed by atoms with Gasteiger partial charge in [0.05, 0.1) is 6.07 Å². The first-order valence-electron chi connectivity index (χ1n) is 7.36. The number of nitriles is 1. The first-order valence-corrected chi connectivity index (χ1v) is 7.36. The monoisotopic (exact) mass is 291 g/mol. The lowest BCUT2D eigenvalue weighted by Gasteiger charge is -2.14. The Morgan fingerprint density at radius 3 is 2.86 bits per heavy atom. The average Bonchev–Trinajstić information content (AvgIpc) is 3.35. The van der Waals surface area contributed by atoms with Crippen LogP contribution in [0.4, 0.5) is 0 Å². The summed E-state index contributed by atoms with van der Waals surface area (Å²) < 4.78 is 0. The van der Waals surface area contributed by atoms with Gasteiger partial charge in [-0.25, -0.2) is 0 Å². The maximum absolute atomic E-state index is 12.4. The van der Waals surface area contributed by atoms with Crippen molar-refractivity contribution < 1.29 is 4.79 Å². The number of rotatable bonds is 4. The fraction of sp³-hybridized carbons (Fsp3) is 0.278. The maximum atomic E-state index is 12.4. The van der Waals surface area contributed by atoms with Crippen molar-refractivity contribution in [3.63, 3.8) is 0 Å². The third kappa shape index (κ3) is 2.84. The summed E-state index contributed by atoms with van der Waals surface area (Å²) in [6.45, 7) is 1.95. The molecule has 3 atom stereocenters. The van der Waals surface area contributed by atoms with E-state index in [0.29, 0.717) is 0 Å². The number of hydrogen-bond acceptors (Lipinski definition) is 3. The predicted octanol–water partition coefficient (Wildman–Crippen LogP) is 2.87. The lowest BCUT2D eigenvalue weighted by molar-refractivity contribution is -0.122. The highest BCUT2D eigenvalue weighted by Gasteiger charge is 2.44. The molecular weight excluding hydrogens is 274 g/mol. The number of hydrogen-bond donors (Lipinski definition) is 1. The second-order valence-electron chi connectivity index (χ2n) is 5.66. The van der Waals surface area contributed by atoms with Gasteiger partial charge in [0.25, 0.3) is 0 Å². The third-order valence-electron chi connectivity index (χ3n) is 4.15. The molecule has 3 rings (SSSR count). The van der Waals surface area contributed by atoms with Crippen molar-refractivity contribution >= 4 is 5.91 Å². The Labute approximate surface area is 129 Å². The Morgan fingerprint density at radius 1 is 1.36 bits per heavy atom. The lowest BCUT2D eigenvalue weighted by atomic mass is 10.0. The molecule has 4 heteroatoms. The van der Waals surface area contributed by atoms with Crippen LogP contribution >= 0.6 is 0 Å². The van der Waals surface area contributed by atoms with Gasteiger partial charge >= 0.3 is 0 Å². The number of aromatic nitrogens is 1. The molecule has 1 aromatic heterocycles. The smallest absolute Gasteiger partial charge is 0.225 e. The highest BCUT2D eigenvalue weighted by atomic mass is 16.2. The van der Waals surface area contributed by atoms with E-state index >= 15 is 0 Å². The van der Waals surface area contributed by atoms with E-state index in [1.54, 1.807) is 12.4 Å². The molecule has 0 unspecified atom stereocenters. The molecule has 1 heterocycles. The zero-order chi connectivity index (χ0) is 15.5. The van der Waals surface area contributed by atoms with Crippen molar-refractivity contribution in [2.75, 3.05) is 0 Å². The largest absolute Gasteiger partial charge is 0.336 e. The van der Waals surface area contributed by atoms with Crippen molar-refractivity contribution in [1.82, 2.24) is 10.3 Å². The van der Waals surface area contributed by atoms with Crippen LogP contribution in [0.2, 0.25) is 0 Å². The predicted molar refractivity (Wildman–Crippen MR) is 82.8 cm³/mol. The number of aryl methyl sites for hydroxylation is 1. The van der Waals surface area contributed by atoms with Crippen molar-refractivity contribution in [1.29, 1.82) is 5.26 Å². The Bertz CT molecular complexity index is 721. The van der Waals surface area contributed by atoms with Gasteiger partial charge in [-0.1, -0.05) is 30.3 Å². The number of nitrogens with zero attached hydrogens (tertiary/aromatic N) is 2. The molecule has 0 aliphatic heterocycles. The standard InChI is InChI=1S/C18H17N3O/c1-12-5-2-3-7-14(12)17(10-19)21-18(22)16-9-15(16)13-6-4-8-20-11-13/h2-8,11,15-17H,9H2,1H3,(H,21,22)/t15-,16+,17-/m0/s1. The molecule has 1 aliphatic carbocycles. The normalized spacial score (nSPS) is 20.7. The second kappa shape index (κ2) is 5.98. The minimum Gasteiger partial charge on any atom is -0.336 e. The Kier molecular flexibility index (Phi) is 3.88. The Balaban J connectivity index is 1.67. The van der Waals surface area contributed by atoms with Gasteiger partial charge in [-0.2, -0.15) is 5.26 Å². The van der Waals surface area contributed by atoms with Gasteiger partial charge < -0.3 is 5.32 Å². The Hall–Kier alpha value is -2.67. The number of carbonyl (C=O) groups excluding carboxylic acids is 1. The second-order valence-corrected chi connectivity index (χ2v) is 5.66. The molecule has 110 valence electrons. The van der Waals surface area contributed by atoms with Crippen LogP contribution in [-0.4, -0.2) is 10.9 Å². The van der Waals surface area contributed by atoms with Crippen LogP contribution in [0.15, 0.2) is 48.8 Å². The highest BCUT2D eigenvalue weighted by Crippen LogP contribution is 2.47. The molecular formula is C18H17N3O. The minimum absolute atomic E-state index is 0.0518. The zero-order valence-corrected chi connectivity index (χ0v) is 12.4.